The SMILES string of the molecule is COc1ccc(-c2n[nH]c(CNC(=O)C3(CN)CCOCC3)n2)cc1. The molecule has 0 aliphatic carbocycles. The Morgan fingerprint density at radius 2 is 2.08 bits per heavy atom. The van der Waals surface area contributed by atoms with Crippen molar-refractivity contribution in [1.82, 2.24) is 20.5 Å². The lowest BCUT2D eigenvalue weighted by molar-refractivity contribution is -0.136. The summed E-state index contributed by atoms with van der Waals surface area (Å²) in [7, 11) is 1.62. The van der Waals surface area contributed by atoms with Gasteiger partial charge >= 0.3 is 0 Å². The second kappa shape index (κ2) is 7.62. The van der Waals surface area contributed by atoms with Crippen molar-refractivity contribution in [3.8, 4) is 17.1 Å². The number of nitrogens with two attached hydrogens (primary N) is 1. The highest BCUT2D eigenvalue weighted by atomic mass is 16.5. The Bertz CT molecular complexity index is 707. The number of ether oxygens (including phenoxy) is 2. The van der Waals surface area contributed by atoms with Gasteiger partial charge in [-0.15, -0.1) is 0 Å². The van der Waals surface area contributed by atoms with E-state index in [0.29, 0.717) is 44.2 Å². The molecular formula is C17H23N5O3. The third kappa shape index (κ3) is 3.80. The topological polar surface area (TPSA) is 115 Å². The van der Waals surface area contributed by atoms with Gasteiger partial charge in [0.05, 0.1) is 19.1 Å². The van der Waals surface area contributed by atoms with E-state index in [-0.39, 0.29) is 12.5 Å². The van der Waals surface area contributed by atoms with Crippen molar-refractivity contribution in [3.63, 3.8) is 0 Å². The first-order chi connectivity index (χ1) is 12.2. The summed E-state index contributed by atoms with van der Waals surface area (Å²) in [5.74, 6) is 1.89. The summed E-state index contributed by atoms with van der Waals surface area (Å²) in [4.78, 5) is 17.0. The van der Waals surface area contributed by atoms with Gasteiger partial charge in [-0.25, -0.2) is 4.98 Å². The van der Waals surface area contributed by atoms with Crippen molar-refractivity contribution in [3.05, 3.63) is 30.1 Å². The van der Waals surface area contributed by atoms with E-state index in [1.165, 1.54) is 0 Å². The molecule has 1 aliphatic rings. The van der Waals surface area contributed by atoms with Crippen molar-refractivity contribution in [1.29, 1.82) is 0 Å². The monoisotopic (exact) mass is 345 g/mol. The second-order valence-electron chi connectivity index (χ2n) is 6.11. The highest BCUT2D eigenvalue weighted by molar-refractivity contribution is 5.83. The fourth-order valence-electron chi connectivity index (χ4n) is 2.88. The van der Waals surface area contributed by atoms with E-state index in [4.69, 9.17) is 15.2 Å². The Morgan fingerprint density at radius 3 is 2.72 bits per heavy atom. The van der Waals surface area contributed by atoms with Crippen LogP contribution in [0.5, 0.6) is 5.75 Å². The molecule has 0 bridgehead atoms. The summed E-state index contributed by atoms with van der Waals surface area (Å²) in [5, 5.41) is 9.97. The number of benzene rings is 1. The van der Waals surface area contributed by atoms with Crippen molar-refractivity contribution in [2.75, 3.05) is 26.9 Å². The summed E-state index contributed by atoms with van der Waals surface area (Å²) in [5.41, 5.74) is 6.18. The summed E-state index contributed by atoms with van der Waals surface area (Å²) >= 11 is 0. The van der Waals surface area contributed by atoms with Crippen molar-refractivity contribution in [2.24, 2.45) is 11.1 Å². The minimum Gasteiger partial charge on any atom is -0.497 e. The number of rotatable bonds is 6. The summed E-state index contributed by atoms with van der Waals surface area (Å²) in [6.45, 7) is 1.73. The Kier molecular flexibility index (Phi) is 5.30. The number of hydrogen-bond acceptors (Lipinski definition) is 6. The van der Waals surface area contributed by atoms with Crippen LogP contribution in [-0.2, 0) is 16.1 Å². The van der Waals surface area contributed by atoms with Gasteiger partial charge in [0.1, 0.15) is 11.6 Å². The van der Waals surface area contributed by atoms with Gasteiger partial charge in [0.2, 0.25) is 5.91 Å². The van der Waals surface area contributed by atoms with Crippen molar-refractivity contribution < 1.29 is 14.3 Å². The van der Waals surface area contributed by atoms with Gasteiger partial charge in [0.25, 0.3) is 0 Å². The van der Waals surface area contributed by atoms with Crippen LogP contribution in [-0.4, -0.2) is 48.0 Å². The highest BCUT2D eigenvalue weighted by Gasteiger charge is 2.38. The lowest BCUT2D eigenvalue weighted by Crippen LogP contribution is -2.49. The largest absolute Gasteiger partial charge is 0.497 e. The van der Waals surface area contributed by atoms with E-state index in [2.05, 4.69) is 20.5 Å². The zero-order chi connectivity index (χ0) is 17.7. The molecule has 1 saturated heterocycles. The molecule has 2 aromatic rings. The maximum atomic E-state index is 12.5. The first kappa shape index (κ1) is 17.4. The highest BCUT2D eigenvalue weighted by Crippen LogP contribution is 2.29. The third-order valence-electron chi connectivity index (χ3n) is 4.62. The average molecular weight is 345 g/mol. The third-order valence-corrected chi connectivity index (χ3v) is 4.62. The zero-order valence-corrected chi connectivity index (χ0v) is 14.2. The fraction of sp³-hybridized carbons (Fsp3) is 0.471. The van der Waals surface area contributed by atoms with E-state index in [1.54, 1.807) is 7.11 Å². The summed E-state index contributed by atoms with van der Waals surface area (Å²) in [6, 6.07) is 7.47. The number of aromatic nitrogens is 3. The predicted octanol–water partition coefficient (Wildman–Crippen LogP) is 0.852. The van der Waals surface area contributed by atoms with Gasteiger partial charge in [-0.1, -0.05) is 0 Å². The number of nitrogens with one attached hydrogen (secondary N) is 2. The zero-order valence-electron chi connectivity index (χ0n) is 14.2. The van der Waals surface area contributed by atoms with E-state index < -0.39 is 5.41 Å². The molecule has 0 spiro atoms. The Balaban J connectivity index is 1.62. The minimum absolute atomic E-state index is 0.0549. The molecule has 1 aliphatic heterocycles. The molecule has 1 aromatic carbocycles. The number of methoxy groups -OCH3 is 1. The second-order valence-corrected chi connectivity index (χ2v) is 6.11. The van der Waals surface area contributed by atoms with Crippen LogP contribution in [0, 0.1) is 5.41 Å². The number of H-pyrrole nitrogens is 1. The molecule has 0 atom stereocenters. The minimum atomic E-state index is -0.545. The van der Waals surface area contributed by atoms with Crippen LogP contribution in [0.4, 0.5) is 0 Å². The Labute approximate surface area is 146 Å². The van der Waals surface area contributed by atoms with E-state index in [9.17, 15) is 4.79 Å². The van der Waals surface area contributed by atoms with Gasteiger partial charge in [-0.2, -0.15) is 5.10 Å². The Hall–Kier alpha value is -2.45. The molecule has 0 saturated carbocycles. The van der Waals surface area contributed by atoms with E-state index in [1.807, 2.05) is 24.3 Å². The molecular weight excluding hydrogens is 322 g/mol. The molecule has 4 N–H and O–H groups in total. The number of nitrogens with zero attached hydrogens (tertiary/aromatic N) is 2. The molecule has 1 fully saturated rings. The number of amides is 1. The van der Waals surface area contributed by atoms with Crippen LogP contribution in [0.25, 0.3) is 11.4 Å². The standard InChI is InChI=1S/C17H23N5O3/c1-24-13-4-2-12(3-5-13)15-20-14(21-22-15)10-19-16(23)17(11-18)6-8-25-9-7-17/h2-5H,6-11,18H2,1H3,(H,19,23)(H,20,21,22). The van der Waals surface area contributed by atoms with Crippen LogP contribution >= 0.6 is 0 Å². The van der Waals surface area contributed by atoms with Gasteiger partial charge < -0.3 is 20.5 Å². The van der Waals surface area contributed by atoms with Crippen LogP contribution in [0.1, 0.15) is 18.7 Å². The van der Waals surface area contributed by atoms with Gasteiger partial charge in [-0.3, -0.25) is 9.89 Å². The maximum absolute atomic E-state index is 12.5. The maximum Gasteiger partial charge on any atom is 0.228 e. The number of aromatic amines is 1. The average Bonchev–Trinajstić information content (AvgIpc) is 3.15. The first-order valence-electron chi connectivity index (χ1n) is 8.29. The summed E-state index contributed by atoms with van der Waals surface area (Å²) in [6.07, 6.45) is 1.28. The predicted molar refractivity (Wildman–Crippen MR) is 91.8 cm³/mol. The lowest BCUT2D eigenvalue weighted by atomic mass is 9.79. The van der Waals surface area contributed by atoms with Crippen LogP contribution in [0.15, 0.2) is 24.3 Å². The first-order valence-corrected chi connectivity index (χ1v) is 8.29. The van der Waals surface area contributed by atoms with E-state index in [0.717, 1.165) is 11.3 Å². The molecule has 1 amide bonds. The Morgan fingerprint density at radius 1 is 1.36 bits per heavy atom. The molecule has 3 rings (SSSR count). The van der Waals surface area contributed by atoms with Gasteiger partial charge in [-0.05, 0) is 37.1 Å². The number of carbonyl (C=O) groups excluding carboxylic acids is 1. The molecule has 134 valence electrons. The van der Waals surface area contributed by atoms with Crippen molar-refractivity contribution in [2.45, 2.75) is 19.4 Å². The molecule has 2 heterocycles. The number of hydrogen-bond donors (Lipinski definition) is 3. The fourth-order valence-corrected chi connectivity index (χ4v) is 2.88. The molecule has 8 heteroatoms. The molecule has 1 aromatic heterocycles. The normalized spacial score (nSPS) is 16.4. The molecule has 25 heavy (non-hydrogen) atoms. The molecule has 8 nitrogen and oxygen atoms in total. The van der Waals surface area contributed by atoms with Crippen LogP contribution < -0.4 is 15.8 Å². The smallest absolute Gasteiger partial charge is 0.228 e. The van der Waals surface area contributed by atoms with Crippen LogP contribution in [0.2, 0.25) is 0 Å². The van der Waals surface area contributed by atoms with Crippen molar-refractivity contribution >= 4 is 5.91 Å². The quantitative estimate of drug-likeness (QED) is 0.715. The van der Waals surface area contributed by atoms with E-state index >= 15 is 0 Å². The molecule has 0 unspecified atom stereocenters. The molecule has 0 radical (unpaired) electrons. The van der Waals surface area contributed by atoms with Gasteiger partial charge in [0, 0.05) is 25.3 Å². The van der Waals surface area contributed by atoms with Crippen LogP contribution in [0.3, 0.4) is 0 Å². The lowest BCUT2D eigenvalue weighted by Gasteiger charge is -2.34. The summed E-state index contributed by atoms with van der Waals surface area (Å²) < 4.78 is 10.5. The van der Waals surface area contributed by atoms with Gasteiger partial charge in [0.15, 0.2) is 5.82 Å². The number of carbonyl (C=O) groups is 1.